The van der Waals surface area contributed by atoms with Gasteiger partial charge < -0.3 is 15.6 Å². The fourth-order valence-electron chi connectivity index (χ4n) is 2.30. The largest absolute Gasteiger partial charge is 0.496 e. The van der Waals surface area contributed by atoms with E-state index in [9.17, 15) is 9.90 Å². The molecule has 0 heterocycles. The minimum absolute atomic E-state index is 0.202. The van der Waals surface area contributed by atoms with Crippen molar-refractivity contribution in [3.63, 3.8) is 0 Å². The van der Waals surface area contributed by atoms with Gasteiger partial charge in [0, 0.05) is 5.56 Å². The summed E-state index contributed by atoms with van der Waals surface area (Å²) in [5.41, 5.74) is 8.24. The molecule has 0 aliphatic carbocycles. The molecule has 2 rings (SSSR count). The van der Waals surface area contributed by atoms with Gasteiger partial charge in [-0.2, -0.15) is 0 Å². The van der Waals surface area contributed by atoms with E-state index in [4.69, 9.17) is 10.5 Å². The Kier molecular flexibility index (Phi) is 5.20. The summed E-state index contributed by atoms with van der Waals surface area (Å²) in [7, 11) is 1.54. The summed E-state index contributed by atoms with van der Waals surface area (Å²) in [5, 5.41) is 9.47. The van der Waals surface area contributed by atoms with Crippen molar-refractivity contribution in [2.75, 3.05) is 7.11 Å². The number of hydrogen-bond donors (Lipinski definition) is 2. The minimum atomic E-state index is -1.00. The molecule has 0 aliphatic rings. The van der Waals surface area contributed by atoms with Gasteiger partial charge in [-0.1, -0.05) is 42.5 Å². The average Bonchev–Trinajstić information content (AvgIpc) is 2.55. The number of aliphatic carboxylic acids is 1. The normalized spacial score (nSPS) is 11.7. The highest BCUT2D eigenvalue weighted by Crippen LogP contribution is 2.26. The van der Waals surface area contributed by atoms with Gasteiger partial charge in [-0.15, -0.1) is 0 Å². The number of carboxylic acids is 1. The van der Waals surface area contributed by atoms with Crippen LogP contribution in [0.5, 0.6) is 5.75 Å². The third kappa shape index (κ3) is 3.67. The van der Waals surface area contributed by atoms with E-state index in [2.05, 4.69) is 0 Å². The third-order valence-corrected chi connectivity index (χ3v) is 3.49. The number of methoxy groups -OCH3 is 1. The topological polar surface area (TPSA) is 72.5 Å². The van der Waals surface area contributed by atoms with Crippen LogP contribution in [0.15, 0.2) is 60.2 Å². The number of hydrogen-bond acceptors (Lipinski definition) is 3. The summed E-state index contributed by atoms with van der Waals surface area (Å²) in [4.78, 5) is 11.6. The summed E-state index contributed by atoms with van der Waals surface area (Å²) < 4.78 is 5.25. The van der Waals surface area contributed by atoms with Crippen LogP contribution in [0, 0.1) is 0 Å². The van der Waals surface area contributed by atoms with E-state index in [0.717, 1.165) is 5.56 Å². The van der Waals surface area contributed by atoms with Crippen LogP contribution < -0.4 is 10.5 Å². The average molecular weight is 297 g/mol. The van der Waals surface area contributed by atoms with Crippen molar-refractivity contribution in [2.45, 2.75) is 12.8 Å². The molecule has 2 aromatic rings. The zero-order valence-corrected chi connectivity index (χ0v) is 12.5. The Bertz CT molecular complexity index is 678. The van der Waals surface area contributed by atoms with E-state index >= 15 is 0 Å². The second-order valence-corrected chi connectivity index (χ2v) is 4.88. The maximum absolute atomic E-state index is 11.6. The molecule has 0 bridgehead atoms. The second kappa shape index (κ2) is 7.31. The second-order valence-electron chi connectivity index (χ2n) is 4.88. The molecule has 0 radical (unpaired) electrons. The van der Waals surface area contributed by atoms with Gasteiger partial charge in [0.1, 0.15) is 5.75 Å². The number of rotatable bonds is 6. The number of ether oxygens (including phenoxy) is 1. The smallest absolute Gasteiger partial charge is 0.333 e. The van der Waals surface area contributed by atoms with E-state index < -0.39 is 5.97 Å². The zero-order chi connectivity index (χ0) is 15.9. The first kappa shape index (κ1) is 15.6. The molecule has 0 aliphatic heterocycles. The Balaban J connectivity index is 2.31. The highest BCUT2D eigenvalue weighted by Gasteiger charge is 2.16. The van der Waals surface area contributed by atoms with Crippen molar-refractivity contribution >= 4 is 11.7 Å². The number of nitrogens with two attached hydrogens (primary N) is 1. The summed E-state index contributed by atoms with van der Waals surface area (Å²) in [6, 6.07) is 16.9. The van der Waals surface area contributed by atoms with Crippen molar-refractivity contribution in [1.29, 1.82) is 0 Å². The van der Waals surface area contributed by atoms with Crippen LogP contribution in [0.1, 0.15) is 17.5 Å². The summed E-state index contributed by atoms with van der Waals surface area (Å²) in [5.74, 6) is -0.433. The number of aryl methyl sites for hydroxylation is 1. The molecule has 0 atom stereocenters. The quantitative estimate of drug-likeness (QED) is 0.804. The van der Waals surface area contributed by atoms with Crippen molar-refractivity contribution in [2.24, 2.45) is 5.73 Å². The molecule has 0 amide bonds. The highest BCUT2D eigenvalue weighted by molar-refractivity contribution is 5.96. The van der Waals surface area contributed by atoms with Gasteiger partial charge in [-0.05, 0) is 30.5 Å². The van der Waals surface area contributed by atoms with E-state index in [1.807, 2.05) is 36.4 Å². The van der Waals surface area contributed by atoms with E-state index in [1.54, 1.807) is 18.2 Å². The lowest BCUT2D eigenvalue weighted by atomic mass is 9.99. The lowest BCUT2D eigenvalue weighted by Crippen LogP contribution is -2.11. The monoisotopic (exact) mass is 297 g/mol. The number of carbonyl (C=O) groups is 1. The molecule has 0 fully saturated rings. The first-order chi connectivity index (χ1) is 10.6. The first-order valence-electron chi connectivity index (χ1n) is 7.02. The molecule has 0 saturated carbocycles. The molecule has 4 nitrogen and oxygen atoms in total. The predicted octanol–water partition coefficient (Wildman–Crippen LogP) is 3.08. The van der Waals surface area contributed by atoms with Gasteiger partial charge in [-0.3, -0.25) is 0 Å². The summed E-state index contributed by atoms with van der Waals surface area (Å²) in [6.07, 6.45) is 0.988. The zero-order valence-electron chi connectivity index (χ0n) is 12.5. The van der Waals surface area contributed by atoms with Crippen LogP contribution in [-0.4, -0.2) is 18.2 Å². The van der Waals surface area contributed by atoms with Gasteiger partial charge in [0.15, 0.2) is 0 Å². The van der Waals surface area contributed by atoms with E-state index in [-0.39, 0.29) is 11.3 Å². The molecule has 2 aromatic carbocycles. The Morgan fingerprint density at radius 1 is 1.09 bits per heavy atom. The molecule has 114 valence electrons. The van der Waals surface area contributed by atoms with Crippen LogP contribution >= 0.6 is 0 Å². The molecule has 0 unspecified atom stereocenters. The Labute approximate surface area is 129 Å². The van der Waals surface area contributed by atoms with Gasteiger partial charge in [0.05, 0.1) is 18.4 Å². The standard InChI is InChI=1S/C18H19NO3/c1-22-16-10-6-5-9-14(16)17(19)15(18(20)21)12-11-13-7-3-2-4-8-13/h2-10H,11-12,19H2,1H3,(H,20,21). The molecular weight excluding hydrogens is 278 g/mol. The van der Waals surface area contributed by atoms with Gasteiger partial charge >= 0.3 is 5.97 Å². The van der Waals surface area contributed by atoms with Gasteiger partial charge in [-0.25, -0.2) is 4.79 Å². The molecule has 0 saturated heterocycles. The SMILES string of the molecule is COc1ccccc1C(N)=C(CCc1ccccc1)C(=O)O. The molecule has 3 N–H and O–H groups in total. The van der Waals surface area contributed by atoms with Crippen molar-refractivity contribution < 1.29 is 14.6 Å². The fraction of sp³-hybridized carbons (Fsp3) is 0.167. The molecule has 0 spiro atoms. The fourth-order valence-corrected chi connectivity index (χ4v) is 2.30. The molecule has 4 heteroatoms. The Hall–Kier alpha value is -2.75. The maximum Gasteiger partial charge on any atom is 0.333 e. The predicted molar refractivity (Wildman–Crippen MR) is 86.5 cm³/mol. The summed E-state index contributed by atoms with van der Waals surface area (Å²) in [6.45, 7) is 0. The lowest BCUT2D eigenvalue weighted by molar-refractivity contribution is -0.132. The van der Waals surface area contributed by atoms with Crippen LogP contribution in [0.25, 0.3) is 5.70 Å². The van der Waals surface area contributed by atoms with Crippen LogP contribution in [-0.2, 0) is 11.2 Å². The minimum Gasteiger partial charge on any atom is -0.496 e. The third-order valence-electron chi connectivity index (χ3n) is 3.49. The first-order valence-corrected chi connectivity index (χ1v) is 7.02. The lowest BCUT2D eigenvalue weighted by Gasteiger charge is -2.12. The van der Waals surface area contributed by atoms with E-state index in [1.165, 1.54) is 7.11 Å². The number of carboxylic acid groups (broad SMARTS) is 1. The van der Waals surface area contributed by atoms with Crippen LogP contribution in [0.2, 0.25) is 0 Å². The van der Waals surface area contributed by atoms with Crippen molar-refractivity contribution in [3.05, 3.63) is 71.3 Å². The van der Waals surface area contributed by atoms with Crippen LogP contribution in [0.4, 0.5) is 0 Å². The Morgan fingerprint density at radius 2 is 1.73 bits per heavy atom. The summed E-state index contributed by atoms with van der Waals surface area (Å²) >= 11 is 0. The molecular formula is C18H19NO3. The van der Waals surface area contributed by atoms with Gasteiger partial charge in [0.25, 0.3) is 0 Å². The molecule has 22 heavy (non-hydrogen) atoms. The maximum atomic E-state index is 11.6. The van der Waals surface area contributed by atoms with Crippen molar-refractivity contribution in [3.8, 4) is 5.75 Å². The highest BCUT2D eigenvalue weighted by atomic mass is 16.5. The molecule has 0 aromatic heterocycles. The van der Waals surface area contributed by atoms with Gasteiger partial charge in [0.2, 0.25) is 0 Å². The number of para-hydroxylation sites is 1. The van der Waals surface area contributed by atoms with Crippen molar-refractivity contribution in [1.82, 2.24) is 0 Å². The van der Waals surface area contributed by atoms with E-state index in [0.29, 0.717) is 24.2 Å². The van der Waals surface area contributed by atoms with Crippen LogP contribution in [0.3, 0.4) is 0 Å². The number of benzene rings is 2. The Morgan fingerprint density at radius 3 is 2.36 bits per heavy atom.